The number of rotatable bonds is 5. The van der Waals surface area contributed by atoms with Crippen molar-refractivity contribution < 1.29 is 18.3 Å². The monoisotopic (exact) mass is 518 g/mol. The Bertz CT molecular complexity index is 1510. The first-order valence-electron chi connectivity index (χ1n) is 9.82. The minimum atomic E-state index is -3.89. The Balaban J connectivity index is 1.88. The average Bonchev–Trinajstić information content (AvgIpc) is 2.76. The second-order valence-electron chi connectivity index (χ2n) is 7.57. The van der Waals surface area contributed by atoms with Gasteiger partial charge in [0, 0.05) is 10.0 Å². The van der Waals surface area contributed by atoms with Gasteiger partial charge in [-0.3, -0.25) is 4.79 Å². The Hall–Kier alpha value is -2.57. The fourth-order valence-electron chi connectivity index (χ4n) is 3.86. The fourth-order valence-corrected chi connectivity index (χ4v) is 6.05. The van der Waals surface area contributed by atoms with Crippen molar-refractivity contribution >= 4 is 61.4 Å². The molecule has 4 nitrogen and oxygen atoms in total. The van der Waals surface area contributed by atoms with Crippen LogP contribution < -0.4 is 0 Å². The second kappa shape index (κ2) is 8.99. The van der Waals surface area contributed by atoms with Crippen molar-refractivity contribution in [3.05, 3.63) is 92.9 Å². The van der Waals surface area contributed by atoms with Gasteiger partial charge in [-0.2, -0.15) is 0 Å². The van der Waals surface area contributed by atoms with Gasteiger partial charge in [-0.1, -0.05) is 59.1 Å². The number of hydrogen-bond acceptors (Lipinski definition) is 3. The first kappa shape index (κ1) is 23.6. The summed E-state index contributed by atoms with van der Waals surface area (Å²) in [5, 5.41) is 11.9. The lowest BCUT2D eigenvalue weighted by atomic mass is 9.89. The summed E-state index contributed by atoms with van der Waals surface area (Å²) >= 11 is 18.3. The van der Waals surface area contributed by atoms with Gasteiger partial charge in [0.05, 0.1) is 21.2 Å². The highest BCUT2D eigenvalue weighted by molar-refractivity contribution is 7.91. The molecule has 0 radical (unpaired) electrons. The van der Waals surface area contributed by atoms with Gasteiger partial charge in [-0.15, -0.1) is 0 Å². The lowest BCUT2D eigenvalue weighted by Gasteiger charge is -2.16. The van der Waals surface area contributed by atoms with Crippen LogP contribution in [-0.2, 0) is 21.1 Å². The SMILES string of the molecule is Cc1c(CC(=O)O)cc2ccc(Cl)cc2c1-c1ccc(S(=O)(=O)c2cc(Cl)ccc2Cl)cc1. The van der Waals surface area contributed by atoms with Gasteiger partial charge in [0.1, 0.15) is 0 Å². The topological polar surface area (TPSA) is 71.4 Å². The minimum Gasteiger partial charge on any atom is -0.481 e. The molecule has 0 saturated heterocycles. The number of sulfone groups is 1. The van der Waals surface area contributed by atoms with Gasteiger partial charge < -0.3 is 5.11 Å². The van der Waals surface area contributed by atoms with E-state index in [1.165, 1.54) is 30.3 Å². The van der Waals surface area contributed by atoms with Crippen LogP contribution in [0.25, 0.3) is 21.9 Å². The molecule has 0 fully saturated rings. The van der Waals surface area contributed by atoms with Crippen molar-refractivity contribution in [1.29, 1.82) is 0 Å². The smallest absolute Gasteiger partial charge is 0.307 e. The quantitative estimate of drug-likeness (QED) is 0.302. The molecule has 1 N–H and O–H groups in total. The Morgan fingerprint density at radius 3 is 2.18 bits per heavy atom. The van der Waals surface area contributed by atoms with Crippen molar-refractivity contribution in [2.75, 3.05) is 0 Å². The first-order valence-corrected chi connectivity index (χ1v) is 12.4. The Labute approximate surface area is 206 Å². The van der Waals surface area contributed by atoms with Crippen LogP contribution in [0.15, 0.2) is 76.5 Å². The molecule has 0 aliphatic rings. The maximum absolute atomic E-state index is 13.1. The number of fused-ring (bicyclic) bond motifs is 1. The fraction of sp³-hybridized carbons (Fsp3) is 0.0800. The van der Waals surface area contributed by atoms with Crippen LogP contribution in [0.1, 0.15) is 11.1 Å². The van der Waals surface area contributed by atoms with E-state index in [9.17, 15) is 18.3 Å². The molecule has 8 heteroatoms. The molecule has 0 bridgehead atoms. The van der Waals surface area contributed by atoms with E-state index in [-0.39, 0.29) is 26.3 Å². The van der Waals surface area contributed by atoms with Crippen molar-refractivity contribution in [1.82, 2.24) is 0 Å². The van der Waals surface area contributed by atoms with Crippen LogP contribution in [0.4, 0.5) is 0 Å². The number of hydrogen-bond donors (Lipinski definition) is 1. The molecule has 168 valence electrons. The van der Waals surface area contributed by atoms with E-state index in [1.807, 2.05) is 25.1 Å². The summed E-state index contributed by atoms with van der Waals surface area (Å²) in [4.78, 5) is 11.4. The van der Waals surface area contributed by atoms with E-state index < -0.39 is 15.8 Å². The molecule has 33 heavy (non-hydrogen) atoms. The molecule has 0 atom stereocenters. The van der Waals surface area contributed by atoms with E-state index >= 15 is 0 Å². The zero-order valence-corrected chi connectivity index (χ0v) is 20.4. The summed E-state index contributed by atoms with van der Waals surface area (Å²) in [5.74, 6) is -0.933. The lowest BCUT2D eigenvalue weighted by molar-refractivity contribution is -0.136. The molecule has 0 heterocycles. The van der Waals surface area contributed by atoms with Crippen LogP contribution in [0.3, 0.4) is 0 Å². The molecular formula is C25H17Cl3O4S. The third kappa shape index (κ3) is 4.59. The van der Waals surface area contributed by atoms with Crippen LogP contribution >= 0.6 is 34.8 Å². The van der Waals surface area contributed by atoms with Crippen LogP contribution in [0.5, 0.6) is 0 Å². The van der Waals surface area contributed by atoms with Crippen molar-refractivity contribution in [3.8, 4) is 11.1 Å². The molecule has 0 saturated carbocycles. The summed E-state index contributed by atoms with van der Waals surface area (Å²) in [6, 6.07) is 17.9. The maximum atomic E-state index is 13.1. The van der Waals surface area contributed by atoms with Gasteiger partial charge in [-0.25, -0.2) is 8.42 Å². The Kier molecular flexibility index (Phi) is 6.43. The molecule has 4 rings (SSSR count). The largest absolute Gasteiger partial charge is 0.481 e. The third-order valence-corrected chi connectivity index (χ3v) is 8.17. The van der Waals surface area contributed by atoms with Gasteiger partial charge in [0.25, 0.3) is 0 Å². The van der Waals surface area contributed by atoms with E-state index in [0.717, 1.165) is 27.5 Å². The number of carboxylic acid groups (broad SMARTS) is 1. The number of halogens is 3. The highest BCUT2D eigenvalue weighted by Gasteiger charge is 2.22. The van der Waals surface area contributed by atoms with Gasteiger partial charge >= 0.3 is 5.97 Å². The van der Waals surface area contributed by atoms with Crippen LogP contribution in [0, 0.1) is 6.92 Å². The van der Waals surface area contributed by atoms with E-state index in [4.69, 9.17) is 34.8 Å². The zero-order chi connectivity index (χ0) is 23.9. The van der Waals surface area contributed by atoms with Gasteiger partial charge in [0.15, 0.2) is 0 Å². The molecule has 0 unspecified atom stereocenters. The van der Waals surface area contributed by atoms with Gasteiger partial charge in [-0.05, 0) is 82.4 Å². The molecule has 4 aromatic rings. The van der Waals surface area contributed by atoms with Crippen molar-refractivity contribution in [2.24, 2.45) is 0 Å². The highest BCUT2D eigenvalue weighted by atomic mass is 35.5. The molecule has 0 aliphatic heterocycles. The second-order valence-corrected chi connectivity index (χ2v) is 10.8. The minimum absolute atomic E-state index is 0.0668. The third-order valence-electron chi connectivity index (χ3n) is 5.45. The summed E-state index contributed by atoms with van der Waals surface area (Å²) < 4.78 is 26.3. The Morgan fingerprint density at radius 1 is 0.879 bits per heavy atom. The number of carboxylic acids is 1. The van der Waals surface area contributed by atoms with E-state index in [2.05, 4.69) is 0 Å². The molecule has 0 aliphatic carbocycles. The predicted molar refractivity (Wildman–Crippen MR) is 132 cm³/mol. The van der Waals surface area contributed by atoms with Gasteiger partial charge in [0.2, 0.25) is 9.84 Å². The number of benzene rings is 4. The maximum Gasteiger partial charge on any atom is 0.307 e. The van der Waals surface area contributed by atoms with Crippen molar-refractivity contribution in [2.45, 2.75) is 23.1 Å². The average molecular weight is 520 g/mol. The predicted octanol–water partition coefficient (Wildman–Crippen LogP) is 7.24. The first-order chi connectivity index (χ1) is 15.6. The zero-order valence-electron chi connectivity index (χ0n) is 17.3. The van der Waals surface area contributed by atoms with Crippen LogP contribution in [-0.4, -0.2) is 19.5 Å². The normalized spacial score (nSPS) is 11.6. The number of aliphatic carboxylic acids is 1. The summed E-state index contributed by atoms with van der Waals surface area (Å²) in [6.45, 7) is 1.85. The highest BCUT2D eigenvalue weighted by Crippen LogP contribution is 2.37. The molecule has 4 aromatic carbocycles. The molecule has 0 aromatic heterocycles. The van der Waals surface area contributed by atoms with Crippen LogP contribution in [0.2, 0.25) is 15.1 Å². The van der Waals surface area contributed by atoms with Crippen molar-refractivity contribution in [3.63, 3.8) is 0 Å². The molecule has 0 spiro atoms. The Morgan fingerprint density at radius 2 is 1.52 bits per heavy atom. The molecular weight excluding hydrogens is 503 g/mol. The summed E-state index contributed by atoms with van der Waals surface area (Å²) in [6.07, 6.45) is -0.128. The number of carbonyl (C=O) groups is 1. The molecule has 0 amide bonds. The standard InChI is InChI=1S/C25H17Cl3O4S/c1-14-17(11-24(29)30)10-16-2-5-18(26)12-21(16)25(14)15-3-7-20(8-4-15)33(31,32)23-13-19(27)6-9-22(23)28/h2-10,12-13H,11H2,1H3,(H,29,30). The van der Waals surface area contributed by atoms with E-state index in [1.54, 1.807) is 18.2 Å². The summed E-state index contributed by atoms with van der Waals surface area (Å²) in [5.41, 5.74) is 3.01. The van der Waals surface area contributed by atoms with E-state index in [0.29, 0.717) is 10.6 Å². The lowest BCUT2D eigenvalue weighted by Crippen LogP contribution is -2.04. The summed E-state index contributed by atoms with van der Waals surface area (Å²) in [7, 11) is -3.89.